The number of alkyl halides is 2. The Hall–Kier alpha value is -1.04. The molecule has 0 spiro atoms. The number of nitrogens with two attached hydrogens (primary N) is 1. The van der Waals surface area contributed by atoms with Gasteiger partial charge in [-0.2, -0.15) is 0 Å². The zero-order valence-electron chi connectivity index (χ0n) is 11.2. The molecule has 1 aromatic carbocycles. The molecule has 1 unspecified atom stereocenters. The van der Waals surface area contributed by atoms with E-state index in [-0.39, 0.29) is 19.7 Å². The van der Waals surface area contributed by atoms with Gasteiger partial charge in [-0.05, 0) is 5.56 Å². The molecule has 0 aromatic heterocycles. The second-order valence-corrected chi connectivity index (χ2v) is 4.98. The van der Waals surface area contributed by atoms with Gasteiger partial charge >= 0.3 is 0 Å². The predicted molar refractivity (Wildman–Crippen MR) is 72.4 cm³/mol. The van der Waals surface area contributed by atoms with E-state index in [4.69, 9.17) is 10.8 Å². The Kier molecular flexibility index (Phi) is 6.34. The number of benzene rings is 1. The quantitative estimate of drug-likeness (QED) is 0.753. The van der Waals surface area contributed by atoms with E-state index in [1.807, 2.05) is 37.3 Å². The van der Waals surface area contributed by atoms with E-state index in [9.17, 15) is 8.78 Å². The highest BCUT2D eigenvalue weighted by molar-refractivity contribution is 5.25. The third-order valence-electron chi connectivity index (χ3n) is 3.31. The van der Waals surface area contributed by atoms with Crippen molar-refractivity contribution in [3.8, 4) is 0 Å². The summed E-state index contributed by atoms with van der Waals surface area (Å²) in [6.07, 6.45) is -2.41. The van der Waals surface area contributed by atoms with Crippen molar-refractivity contribution in [3.05, 3.63) is 35.9 Å². The van der Waals surface area contributed by atoms with E-state index in [1.54, 1.807) is 4.90 Å². The largest absolute Gasteiger partial charge is 0.395 e. The predicted octanol–water partition coefficient (Wildman–Crippen LogP) is 1.46. The highest BCUT2D eigenvalue weighted by atomic mass is 19.3. The first-order valence-electron chi connectivity index (χ1n) is 6.39. The summed E-state index contributed by atoms with van der Waals surface area (Å²) >= 11 is 0. The van der Waals surface area contributed by atoms with Crippen LogP contribution in [0.5, 0.6) is 0 Å². The molecule has 0 radical (unpaired) electrons. The van der Waals surface area contributed by atoms with Crippen LogP contribution in [0, 0.1) is 0 Å². The Balaban J connectivity index is 2.83. The number of aliphatic hydroxyl groups excluding tert-OH is 1. The molecule has 3 nitrogen and oxygen atoms in total. The fourth-order valence-electron chi connectivity index (χ4n) is 2.18. The molecule has 0 fully saturated rings. The summed E-state index contributed by atoms with van der Waals surface area (Å²) in [6, 6.07) is 9.63. The summed E-state index contributed by atoms with van der Waals surface area (Å²) in [5.74, 6) is 0. The van der Waals surface area contributed by atoms with Crippen molar-refractivity contribution in [2.24, 2.45) is 5.73 Å². The molecule has 0 bridgehead atoms. The first-order chi connectivity index (χ1) is 9.01. The zero-order valence-corrected chi connectivity index (χ0v) is 11.2. The maximum Gasteiger partial charge on any atom is 0.251 e. The summed E-state index contributed by atoms with van der Waals surface area (Å²) in [7, 11) is 0. The standard InChI is InChI=1S/C14H22F2N2O/c1-14(10-17,12-5-3-2-4-6-12)11-18(7-8-19)9-13(15)16/h2-6,13,19H,7-11,17H2,1H3. The Labute approximate surface area is 113 Å². The SMILES string of the molecule is CC(CN)(CN(CCO)CC(F)F)c1ccccc1. The van der Waals surface area contributed by atoms with Crippen LogP contribution < -0.4 is 5.73 Å². The van der Waals surface area contributed by atoms with Crippen LogP contribution in [-0.4, -0.2) is 49.2 Å². The van der Waals surface area contributed by atoms with E-state index in [0.717, 1.165) is 5.56 Å². The molecule has 108 valence electrons. The molecule has 1 aromatic rings. The fourth-order valence-corrected chi connectivity index (χ4v) is 2.18. The van der Waals surface area contributed by atoms with Crippen molar-refractivity contribution < 1.29 is 13.9 Å². The van der Waals surface area contributed by atoms with Crippen LogP contribution in [0.15, 0.2) is 30.3 Å². The summed E-state index contributed by atoms with van der Waals surface area (Å²) in [5, 5.41) is 8.97. The molecular formula is C14H22F2N2O. The van der Waals surface area contributed by atoms with Gasteiger partial charge in [0.15, 0.2) is 0 Å². The monoisotopic (exact) mass is 272 g/mol. The van der Waals surface area contributed by atoms with Gasteiger partial charge < -0.3 is 10.8 Å². The fraction of sp³-hybridized carbons (Fsp3) is 0.571. The van der Waals surface area contributed by atoms with Crippen LogP contribution in [0.2, 0.25) is 0 Å². The van der Waals surface area contributed by atoms with Gasteiger partial charge in [0.25, 0.3) is 6.43 Å². The molecule has 3 N–H and O–H groups in total. The maximum absolute atomic E-state index is 12.5. The normalized spacial score (nSPS) is 14.9. The van der Waals surface area contributed by atoms with E-state index in [0.29, 0.717) is 13.1 Å². The Bertz CT molecular complexity index is 362. The van der Waals surface area contributed by atoms with Crippen LogP contribution in [0.25, 0.3) is 0 Å². The molecule has 0 heterocycles. The number of nitrogens with zero attached hydrogens (tertiary/aromatic N) is 1. The van der Waals surface area contributed by atoms with E-state index < -0.39 is 11.8 Å². The molecule has 0 aliphatic rings. The average molecular weight is 272 g/mol. The van der Waals surface area contributed by atoms with Gasteiger partial charge in [-0.15, -0.1) is 0 Å². The van der Waals surface area contributed by atoms with Gasteiger partial charge in [0.1, 0.15) is 0 Å². The summed E-state index contributed by atoms with van der Waals surface area (Å²) in [5.41, 5.74) is 6.46. The molecule has 0 aliphatic carbocycles. The average Bonchev–Trinajstić information content (AvgIpc) is 2.39. The summed E-state index contributed by atoms with van der Waals surface area (Å²) < 4.78 is 25.1. The Morgan fingerprint density at radius 1 is 1.32 bits per heavy atom. The lowest BCUT2D eigenvalue weighted by Gasteiger charge is -2.35. The molecule has 19 heavy (non-hydrogen) atoms. The van der Waals surface area contributed by atoms with Gasteiger partial charge in [0.05, 0.1) is 13.2 Å². The molecule has 5 heteroatoms. The van der Waals surface area contributed by atoms with E-state index in [1.165, 1.54) is 0 Å². The van der Waals surface area contributed by atoms with Gasteiger partial charge in [0.2, 0.25) is 0 Å². The number of aliphatic hydroxyl groups is 1. The van der Waals surface area contributed by atoms with Gasteiger partial charge in [-0.3, -0.25) is 4.90 Å². The highest BCUT2D eigenvalue weighted by Gasteiger charge is 2.28. The number of hydrogen-bond acceptors (Lipinski definition) is 3. The van der Waals surface area contributed by atoms with Gasteiger partial charge in [-0.1, -0.05) is 37.3 Å². The first-order valence-corrected chi connectivity index (χ1v) is 6.39. The minimum Gasteiger partial charge on any atom is -0.395 e. The number of halogens is 2. The first kappa shape index (κ1) is 16.0. The smallest absolute Gasteiger partial charge is 0.251 e. The van der Waals surface area contributed by atoms with Crippen molar-refractivity contribution in [2.75, 3.05) is 32.8 Å². The molecule has 1 rings (SSSR count). The van der Waals surface area contributed by atoms with Crippen molar-refractivity contribution >= 4 is 0 Å². The van der Waals surface area contributed by atoms with Crippen LogP contribution in [0.1, 0.15) is 12.5 Å². The van der Waals surface area contributed by atoms with Crippen LogP contribution in [0.4, 0.5) is 8.78 Å². The Morgan fingerprint density at radius 3 is 2.42 bits per heavy atom. The third kappa shape index (κ3) is 4.86. The molecular weight excluding hydrogens is 250 g/mol. The van der Waals surface area contributed by atoms with E-state index >= 15 is 0 Å². The van der Waals surface area contributed by atoms with Crippen molar-refractivity contribution in [1.82, 2.24) is 4.90 Å². The Morgan fingerprint density at radius 2 is 1.95 bits per heavy atom. The molecule has 0 amide bonds. The second-order valence-electron chi connectivity index (χ2n) is 4.98. The minimum absolute atomic E-state index is 0.137. The number of rotatable bonds is 8. The highest BCUT2D eigenvalue weighted by Crippen LogP contribution is 2.24. The molecule has 0 saturated carbocycles. The van der Waals surface area contributed by atoms with Crippen LogP contribution in [0.3, 0.4) is 0 Å². The van der Waals surface area contributed by atoms with Crippen molar-refractivity contribution in [3.63, 3.8) is 0 Å². The maximum atomic E-state index is 12.5. The molecule has 0 aliphatic heterocycles. The third-order valence-corrected chi connectivity index (χ3v) is 3.31. The summed E-state index contributed by atoms with van der Waals surface area (Å²) in [4.78, 5) is 1.56. The topological polar surface area (TPSA) is 49.5 Å². The van der Waals surface area contributed by atoms with Crippen molar-refractivity contribution in [1.29, 1.82) is 0 Å². The lowest BCUT2D eigenvalue weighted by molar-refractivity contribution is 0.0675. The second kappa shape index (κ2) is 7.53. The number of hydrogen-bond donors (Lipinski definition) is 2. The van der Waals surface area contributed by atoms with E-state index in [2.05, 4.69) is 0 Å². The minimum atomic E-state index is -2.41. The van der Waals surface area contributed by atoms with Crippen LogP contribution >= 0.6 is 0 Å². The van der Waals surface area contributed by atoms with Gasteiger partial charge in [-0.25, -0.2) is 8.78 Å². The molecule has 1 atom stereocenters. The zero-order chi connectivity index (χ0) is 14.3. The van der Waals surface area contributed by atoms with Crippen LogP contribution in [-0.2, 0) is 5.41 Å². The molecule has 0 saturated heterocycles. The van der Waals surface area contributed by atoms with Gasteiger partial charge in [0, 0.05) is 25.0 Å². The lowest BCUT2D eigenvalue weighted by Crippen LogP contribution is -2.46. The van der Waals surface area contributed by atoms with Crippen molar-refractivity contribution in [2.45, 2.75) is 18.8 Å². The lowest BCUT2D eigenvalue weighted by atomic mass is 9.82. The summed E-state index contributed by atoms with van der Waals surface area (Å²) in [6.45, 7) is 2.47.